The van der Waals surface area contributed by atoms with E-state index in [0.717, 1.165) is 16.7 Å². The molecule has 0 aliphatic carbocycles. The van der Waals surface area contributed by atoms with Gasteiger partial charge in [-0.15, -0.1) is 0 Å². The first kappa shape index (κ1) is 14.5. The first-order valence-electron chi connectivity index (χ1n) is 6.69. The zero-order valence-corrected chi connectivity index (χ0v) is 12.0. The van der Waals surface area contributed by atoms with E-state index in [0.29, 0.717) is 6.61 Å². The molecule has 20 heavy (non-hydrogen) atoms. The van der Waals surface area contributed by atoms with Crippen LogP contribution in [0, 0.1) is 0 Å². The molecule has 0 heterocycles. The summed E-state index contributed by atoms with van der Waals surface area (Å²) in [6.45, 7) is 8.32. The van der Waals surface area contributed by atoms with Gasteiger partial charge in [-0.25, -0.2) is 9.78 Å². The second-order valence-corrected chi connectivity index (χ2v) is 5.19. The first-order valence-corrected chi connectivity index (χ1v) is 6.69. The second-order valence-electron chi connectivity index (χ2n) is 5.19. The van der Waals surface area contributed by atoms with Crippen molar-refractivity contribution in [3.05, 3.63) is 78.4 Å². The fourth-order valence-corrected chi connectivity index (χ4v) is 1.89. The van der Waals surface area contributed by atoms with E-state index in [1.807, 2.05) is 74.5 Å². The minimum absolute atomic E-state index is 0.347. The molecule has 2 aromatic rings. The Hall–Kier alpha value is -1.90. The standard InChI is InChI=1S/C18H20O2/c1-15(16-10-6-4-7-11-16)14-19-20-18(2,3)17-12-8-5-9-13-17/h4-13H,1,14H2,2-3H3. The van der Waals surface area contributed by atoms with Crippen molar-refractivity contribution in [1.82, 2.24) is 0 Å². The van der Waals surface area contributed by atoms with Gasteiger partial charge in [0.05, 0.1) is 0 Å². The summed E-state index contributed by atoms with van der Waals surface area (Å²) >= 11 is 0. The van der Waals surface area contributed by atoms with Gasteiger partial charge < -0.3 is 0 Å². The van der Waals surface area contributed by atoms with Gasteiger partial charge >= 0.3 is 0 Å². The van der Waals surface area contributed by atoms with E-state index in [9.17, 15) is 0 Å². The van der Waals surface area contributed by atoms with Crippen LogP contribution in [0.25, 0.3) is 5.57 Å². The molecule has 104 valence electrons. The molecule has 0 spiro atoms. The van der Waals surface area contributed by atoms with Crippen molar-refractivity contribution in [2.24, 2.45) is 0 Å². The van der Waals surface area contributed by atoms with Crippen LogP contribution in [0.15, 0.2) is 67.2 Å². The van der Waals surface area contributed by atoms with E-state index < -0.39 is 5.60 Å². The average molecular weight is 268 g/mol. The molecular formula is C18H20O2. The molecule has 0 bridgehead atoms. The molecule has 0 aromatic heterocycles. The molecule has 2 heteroatoms. The van der Waals surface area contributed by atoms with Crippen LogP contribution in [-0.2, 0) is 15.4 Å². The molecule has 0 fully saturated rings. The summed E-state index contributed by atoms with van der Waals surface area (Å²) in [5.74, 6) is 0. The fraction of sp³-hybridized carbons (Fsp3) is 0.222. The Labute approximate surface area is 120 Å². The highest BCUT2D eigenvalue weighted by Crippen LogP contribution is 2.25. The zero-order chi connectivity index (χ0) is 14.4. The van der Waals surface area contributed by atoms with Gasteiger partial charge in [-0.05, 0) is 30.5 Å². The van der Waals surface area contributed by atoms with Gasteiger partial charge in [0.25, 0.3) is 0 Å². The molecule has 0 saturated heterocycles. The fourth-order valence-electron chi connectivity index (χ4n) is 1.89. The summed E-state index contributed by atoms with van der Waals surface area (Å²) in [6, 6.07) is 20.0. The normalized spacial score (nSPS) is 11.3. The quantitative estimate of drug-likeness (QED) is 0.564. The van der Waals surface area contributed by atoms with Crippen LogP contribution in [0.2, 0.25) is 0 Å². The van der Waals surface area contributed by atoms with Crippen LogP contribution in [0.3, 0.4) is 0 Å². The molecule has 0 amide bonds. The van der Waals surface area contributed by atoms with Crippen molar-refractivity contribution < 1.29 is 9.78 Å². The van der Waals surface area contributed by atoms with Gasteiger partial charge in [0.1, 0.15) is 12.2 Å². The summed E-state index contributed by atoms with van der Waals surface area (Å²) in [4.78, 5) is 10.9. The Kier molecular flexibility index (Phi) is 4.72. The zero-order valence-electron chi connectivity index (χ0n) is 12.0. The van der Waals surface area contributed by atoms with Gasteiger partial charge in [-0.2, -0.15) is 0 Å². The van der Waals surface area contributed by atoms with Crippen molar-refractivity contribution in [3.8, 4) is 0 Å². The Balaban J connectivity index is 1.88. The largest absolute Gasteiger partial charge is 0.231 e. The number of benzene rings is 2. The Morgan fingerprint density at radius 1 is 0.950 bits per heavy atom. The lowest BCUT2D eigenvalue weighted by Gasteiger charge is -2.24. The summed E-state index contributed by atoms with van der Waals surface area (Å²) < 4.78 is 0. The monoisotopic (exact) mass is 268 g/mol. The van der Waals surface area contributed by atoms with Crippen LogP contribution < -0.4 is 0 Å². The molecule has 2 nitrogen and oxygen atoms in total. The molecular weight excluding hydrogens is 248 g/mol. The topological polar surface area (TPSA) is 18.5 Å². The predicted octanol–water partition coefficient (Wildman–Crippen LogP) is 4.58. The first-order chi connectivity index (χ1) is 9.59. The Morgan fingerprint density at radius 3 is 2.10 bits per heavy atom. The van der Waals surface area contributed by atoms with Gasteiger partial charge in [0.15, 0.2) is 0 Å². The highest BCUT2D eigenvalue weighted by atomic mass is 17.2. The van der Waals surface area contributed by atoms with E-state index in [-0.39, 0.29) is 0 Å². The molecule has 0 atom stereocenters. The van der Waals surface area contributed by atoms with Crippen molar-refractivity contribution in [3.63, 3.8) is 0 Å². The SMILES string of the molecule is C=C(COOC(C)(C)c1ccccc1)c1ccccc1. The summed E-state index contributed by atoms with van der Waals surface area (Å²) in [7, 11) is 0. The lowest BCUT2D eigenvalue weighted by molar-refractivity contribution is -0.350. The predicted molar refractivity (Wildman–Crippen MR) is 82.0 cm³/mol. The molecule has 2 aromatic carbocycles. The molecule has 0 aliphatic heterocycles. The second kappa shape index (κ2) is 6.51. The van der Waals surface area contributed by atoms with E-state index >= 15 is 0 Å². The number of hydrogen-bond acceptors (Lipinski definition) is 2. The van der Waals surface area contributed by atoms with Crippen LogP contribution >= 0.6 is 0 Å². The maximum atomic E-state index is 5.55. The number of hydrogen-bond donors (Lipinski definition) is 0. The minimum atomic E-state index is -0.488. The summed E-state index contributed by atoms with van der Waals surface area (Å²) in [6.07, 6.45) is 0. The van der Waals surface area contributed by atoms with E-state index in [4.69, 9.17) is 9.78 Å². The smallest absolute Gasteiger partial charge is 0.123 e. The molecule has 0 saturated carbocycles. The van der Waals surface area contributed by atoms with Crippen LogP contribution in [0.5, 0.6) is 0 Å². The van der Waals surface area contributed by atoms with Gasteiger partial charge in [-0.1, -0.05) is 67.2 Å². The molecule has 0 radical (unpaired) electrons. The lowest BCUT2D eigenvalue weighted by atomic mass is 9.99. The lowest BCUT2D eigenvalue weighted by Crippen LogP contribution is -2.22. The van der Waals surface area contributed by atoms with E-state index in [2.05, 4.69) is 6.58 Å². The van der Waals surface area contributed by atoms with Crippen LogP contribution in [0.4, 0.5) is 0 Å². The molecule has 0 aliphatic rings. The highest BCUT2D eigenvalue weighted by Gasteiger charge is 2.22. The van der Waals surface area contributed by atoms with Crippen LogP contribution in [-0.4, -0.2) is 6.61 Å². The van der Waals surface area contributed by atoms with Crippen molar-refractivity contribution in [1.29, 1.82) is 0 Å². The van der Waals surface area contributed by atoms with E-state index in [1.54, 1.807) is 0 Å². The van der Waals surface area contributed by atoms with Gasteiger partial charge in [-0.3, -0.25) is 0 Å². The van der Waals surface area contributed by atoms with Gasteiger partial charge in [0, 0.05) is 0 Å². The number of rotatable bonds is 6. The van der Waals surface area contributed by atoms with Gasteiger partial charge in [0.2, 0.25) is 0 Å². The van der Waals surface area contributed by atoms with Crippen LogP contribution in [0.1, 0.15) is 25.0 Å². The Bertz CT molecular complexity index is 544. The molecule has 0 unspecified atom stereocenters. The van der Waals surface area contributed by atoms with E-state index in [1.165, 1.54) is 0 Å². The Morgan fingerprint density at radius 2 is 1.50 bits per heavy atom. The summed E-state index contributed by atoms with van der Waals surface area (Å²) in [5, 5.41) is 0. The minimum Gasteiger partial charge on any atom is -0.231 e. The summed E-state index contributed by atoms with van der Waals surface area (Å²) in [5.41, 5.74) is 2.55. The van der Waals surface area contributed by atoms with Crippen molar-refractivity contribution in [2.75, 3.05) is 6.61 Å². The molecule has 2 rings (SSSR count). The van der Waals surface area contributed by atoms with Crippen molar-refractivity contribution >= 4 is 5.57 Å². The maximum absolute atomic E-state index is 5.55. The average Bonchev–Trinajstić information content (AvgIpc) is 2.49. The maximum Gasteiger partial charge on any atom is 0.123 e. The third kappa shape index (κ3) is 3.80. The third-order valence-corrected chi connectivity index (χ3v) is 3.15. The van der Waals surface area contributed by atoms with Crippen molar-refractivity contribution in [2.45, 2.75) is 19.4 Å². The molecule has 0 N–H and O–H groups in total. The highest BCUT2D eigenvalue weighted by molar-refractivity contribution is 5.63. The third-order valence-electron chi connectivity index (χ3n) is 3.15.